The van der Waals surface area contributed by atoms with Gasteiger partial charge in [-0.3, -0.25) is 0 Å². The molecule has 0 aliphatic carbocycles. The number of hydrogen-bond acceptors (Lipinski definition) is 4. The second-order valence-electron chi connectivity index (χ2n) is 5.90. The Labute approximate surface area is 138 Å². The van der Waals surface area contributed by atoms with Crippen LogP contribution in [0.5, 0.6) is 0 Å². The van der Waals surface area contributed by atoms with Crippen molar-refractivity contribution in [2.45, 2.75) is 45.3 Å². The van der Waals surface area contributed by atoms with E-state index in [9.17, 15) is 9.90 Å². The van der Waals surface area contributed by atoms with E-state index in [0.717, 1.165) is 34.7 Å². The normalized spacial score (nSPS) is 11.9. The van der Waals surface area contributed by atoms with E-state index in [1.165, 1.54) is 12.4 Å². The molecule has 2 rings (SSSR count). The Bertz CT molecular complexity index is 684. The average molecular weight is 334 g/mol. The number of nitrogens with zero attached hydrogens (tertiary/aromatic N) is 1. The summed E-state index contributed by atoms with van der Waals surface area (Å²) in [5.41, 5.74) is 2.36. The van der Waals surface area contributed by atoms with E-state index in [0.29, 0.717) is 12.0 Å². The van der Waals surface area contributed by atoms with Crippen molar-refractivity contribution < 1.29 is 14.6 Å². The van der Waals surface area contributed by atoms with Gasteiger partial charge in [-0.15, -0.1) is 0 Å². The first-order valence-electron chi connectivity index (χ1n) is 8.27. The summed E-state index contributed by atoms with van der Waals surface area (Å²) in [5.74, 6) is -0.387. The molecule has 0 aromatic carbocycles. The number of hydrogen-bond donors (Lipinski definition) is 2. The molecule has 5 nitrogen and oxygen atoms in total. The van der Waals surface area contributed by atoms with Crippen molar-refractivity contribution in [2.24, 2.45) is 0 Å². The van der Waals surface area contributed by atoms with Crippen LogP contribution in [-0.2, 0) is 11.2 Å². The highest BCUT2D eigenvalue weighted by Gasteiger charge is 2.34. The van der Waals surface area contributed by atoms with E-state index in [1.54, 1.807) is 6.20 Å². The molecule has 2 aromatic heterocycles. The lowest BCUT2D eigenvalue weighted by Gasteiger charge is -2.28. The lowest BCUT2D eigenvalue weighted by molar-refractivity contribution is 0.0600. The van der Waals surface area contributed by atoms with Gasteiger partial charge in [0.2, 0.25) is 0 Å². The molecule has 0 saturated carbocycles. The second kappa shape index (κ2) is 7.27. The van der Waals surface area contributed by atoms with Gasteiger partial charge in [0.25, 0.3) is 0 Å². The van der Waals surface area contributed by atoms with Gasteiger partial charge in [-0.1, -0.05) is 38.9 Å². The molecule has 2 aromatic rings. The van der Waals surface area contributed by atoms with Crippen molar-refractivity contribution in [3.63, 3.8) is 0 Å². The van der Waals surface area contributed by atoms with Gasteiger partial charge >= 0.3 is 5.97 Å². The van der Waals surface area contributed by atoms with E-state index in [2.05, 4.69) is 30.7 Å². The fourth-order valence-electron chi connectivity index (χ4n) is 3.46. The van der Waals surface area contributed by atoms with Gasteiger partial charge in [0.1, 0.15) is 13.7 Å². The van der Waals surface area contributed by atoms with Crippen LogP contribution >= 0.6 is 0 Å². The second-order valence-corrected chi connectivity index (χ2v) is 11.1. The van der Waals surface area contributed by atoms with Gasteiger partial charge in [-0.2, -0.15) is 0 Å². The van der Waals surface area contributed by atoms with Crippen molar-refractivity contribution in [2.75, 3.05) is 13.7 Å². The van der Waals surface area contributed by atoms with Crippen LogP contribution in [0.15, 0.2) is 12.3 Å². The number of methoxy groups -OCH3 is 1. The van der Waals surface area contributed by atoms with Crippen LogP contribution in [0, 0.1) is 0 Å². The highest BCUT2D eigenvalue weighted by atomic mass is 28.3. The molecule has 0 saturated heterocycles. The number of H-pyrrole nitrogens is 1. The zero-order chi connectivity index (χ0) is 17.0. The van der Waals surface area contributed by atoms with Crippen LogP contribution in [0.3, 0.4) is 0 Å². The van der Waals surface area contributed by atoms with Gasteiger partial charge in [-0.25, -0.2) is 9.78 Å². The maximum Gasteiger partial charge on any atom is 0.339 e. The molecule has 126 valence electrons. The minimum Gasteiger partial charge on any atom is -0.465 e. The fraction of sp³-hybridized carbons (Fsp3) is 0.529. The Balaban J connectivity index is 2.70. The van der Waals surface area contributed by atoms with E-state index < -0.39 is 8.07 Å². The Morgan fingerprint density at radius 3 is 2.48 bits per heavy atom. The number of ether oxygens (including phenoxy) is 1. The molecule has 0 radical (unpaired) electrons. The van der Waals surface area contributed by atoms with Crippen molar-refractivity contribution >= 4 is 30.4 Å². The first kappa shape index (κ1) is 17.7. The van der Waals surface area contributed by atoms with E-state index in [4.69, 9.17) is 4.74 Å². The molecule has 0 aliphatic heterocycles. The number of esters is 1. The number of fused-ring (bicyclic) bond motifs is 1. The van der Waals surface area contributed by atoms with Gasteiger partial charge < -0.3 is 14.8 Å². The maximum absolute atomic E-state index is 11.8. The number of rotatable bonds is 7. The predicted molar refractivity (Wildman–Crippen MR) is 95.1 cm³/mol. The molecule has 2 N–H and O–H groups in total. The third-order valence-electron chi connectivity index (χ3n) is 5.10. The molecule has 0 amide bonds. The standard InChI is InChI=1S/C17H26N2O3Si/c1-5-23(6-2,7-3)16-13(8-9-20)14-10-12(17(21)22-4)11-18-15(14)19-16/h10-11,20H,5-9H2,1-4H3,(H,18,19). The summed E-state index contributed by atoms with van der Waals surface area (Å²) in [6, 6.07) is 5.28. The molecule has 0 bridgehead atoms. The Morgan fingerprint density at radius 1 is 1.30 bits per heavy atom. The molecular weight excluding hydrogens is 308 g/mol. The summed E-state index contributed by atoms with van der Waals surface area (Å²) < 4.78 is 4.79. The molecule has 0 fully saturated rings. The molecule has 23 heavy (non-hydrogen) atoms. The zero-order valence-corrected chi connectivity index (χ0v) is 15.4. The van der Waals surface area contributed by atoms with Gasteiger partial charge in [-0.05, 0) is 18.1 Å². The van der Waals surface area contributed by atoms with Crippen LogP contribution < -0.4 is 5.32 Å². The van der Waals surface area contributed by atoms with Crippen LogP contribution in [-0.4, -0.2) is 42.8 Å². The third-order valence-corrected chi connectivity index (χ3v) is 10.6. The number of aliphatic hydroxyl groups is 1. The first-order chi connectivity index (χ1) is 11.1. The highest BCUT2D eigenvalue weighted by molar-refractivity contribution is 6.91. The van der Waals surface area contributed by atoms with E-state index in [1.807, 2.05) is 6.07 Å². The van der Waals surface area contributed by atoms with Crippen molar-refractivity contribution in [3.8, 4) is 0 Å². The van der Waals surface area contributed by atoms with E-state index in [-0.39, 0.29) is 12.6 Å². The molecule has 2 heterocycles. The number of aromatic amines is 1. The number of nitrogens with one attached hydrogen (secondary N) is 1. The quantitative estimate of drug-likeness (QED) is 0.603. The summed E-state index contributed by atoms with van der Waals surface area (Å²) >= 11 is 0. The van der Waals surface area contributed by atoms with Crippen molar-refractivity contribution in [1.29, 1.82) is 0 Å². The van der Waals surface area contributed by atoms with Gasteiger partial charge in [0, 0.05) is 23.5 Å². The van der Waals surface area contributed by atoms with Gasteiger partial charge in [0.15, 0.2) is 0 Å². The van der Waals surface area contributed by atoms with Crippen molar-refractivity contribution in [1.82, 2.24) is 9.97 Å². The summed E-state index contributed by atoms with van der Waals surface area (Å²) in [4.78, 5) is 19.7. The smallest absolute Gasteiger partial charge is 0.339 e. The fourth-order valence-corrected chi connectivity index (χ4v) is 7.30. The van der Waals surface area contributed by atoms with Crippen LogP contribution in [0.25, 0.3) is 11.0 Å². The summed E-state index contributed by atoms with van der Waals surface area (Å²) in [5, 5.41) is 11.7. The predicted octanol–water partition coefficient (Wildman–Crippen LogP) is 2.60. The van der Waals surface area contributed by atoms with Crippen LogP contribution in [0.1, 0.15) is 36.7 Å². The van der Waals surface area contributed by atoms with Crippen LogP contribution in [0.2, 0.25) is 18.1 Å². The molecule has 0 atom stereocenters. The lowest BCUT2D eigenvalue weighted by atomic mass is 10.1. The van der Waals surface area contributed by atoms with Crippen LogP contribution in [0.4, 0.5) is 0 Å². The maximum atomic E-state index is 11.8. The minimum absolute atomic E-state index is 0.0873. The van der Waals surface area contributed by atoms with E-state index >= 15 is 0 Å². The number of carbonyl (C=O) groups excluding carboxylic acids is 1. The first-order valence-corrected chi connectivity index (χ1v) is 10.9. The zero-order valence-electron chi connectivity index (χ0n) is 14.4. The van der Waals surface area contributed by atoms with Crippen molar-refractivity contribution in [3.05, 3.63) is 23.4 Å². The summed E-state index contributed by atoms with van der Waals surface area (Å²) in [7, 11) is -0.266. The lowest BCUT2D eigenvalue weighted by Crippen LogP contribution is -2.48. The molecule has 0 spiro atoms. The molecule has 6 heteroatoms. The monoisotopic (exact) mass is 334 g/mol. The molecule has 0 unspecified atom stereocenters. The Morgan fingerprint density at radius 2 is 1.96 bits per heavy atom. The highest BCUT2D eigenvalue weighted by Crippen LogP contribution is 2.26. The third kappa shape index (κ3) is 3.05. The number of aromatic nitrogens is 2. The largest absolute Gasteiger partial charge is 0.465 e. The Kier molecular flexibility index (Phi) is 5.59. The topological polar surface area (TPSA) is 75.2 Å². The number of aliphatic hydroxyl groups excluding tert-OH is 1. The molecular formula is C17H26N2O3Si. The van der Waals surface area contributed by atoms with Gasteiger partial charge in [0.05, 0.1) is 12.7 Å². The average Bonchev–Trinajstić information content (AvgIpc) is 2.95. The summed E-state index contributed by atoms with van der Waals surface area (Å²) in [6.45, 7) is 6.84. The number of pyridine rings is 1. The Hall–Kier alpha value is -1.66. The summed E-state index contributed by atoms with van der Waals surface area (Å²) in [6.07, 6.45) is 2.13. The number of carbonyl (C=O) groups is 1. The SMILES string of the molecule is CC[Si](CC)(CC)c1[nH]c2ncc(C(=O)OC)cc2c1CCO. The molecule has 0 aliphatic rings. The minimum atomic E-state index is -1.63.